The molecule has 0 aliphatic heterocycles. The van der Waals surface area contributed by atoms with Crippen LogP contribution < -0.4 is 10.9 Å². The fourth-order valence-corrected chi connectivity index (χ4v) is 2.36. The molecule has 2 aromatic carbocycles. The first-order valence-electron chi connectivity index (χ1n) is 6.94. The molecule has 10 heteroatoms. The molecule has 0 bridgehead atoms. The molecule has 3 aromatic rings. The van der Waals surface area contributed by atoms with Crippen LogP contribution in [0.25, 0.3) is 5.69 Å². The van der Waals surface area contributed by atoms with Gasteiger partial charge in [0.2, 0.25) is 0 Å². The number of benzene rings is 2. The maximum Gasteiger partial charge on any atom is 0.271 e. The van der Waals surface area contributed by atoms with Gasteiger partial charge in [0.15, 0.2) is 0 Å². The van der Waals surface area contributed by atoms with Crippen molar-refractivity contribution in [3.05, 3.63) is 70.0 Å². The standard InChI is InChI=1S/C15H10Cl2N6O2/c16-12-3-1-2-11(13(12)17)15(25)20-19-14(24)9-4-6-10(7-5-9)23-8-18-21-22-23/h1-8H,(H,19,24)(H,20,25). The lowest BCUT2D eigenvalue weighted by atomic mass is 10.2. The van der Waals surface area contributed by atoms with E-state index in [-0.39, 0.29) is 15.6 Å². The number of nitrogens with zero attached hydrogens (tertiary/aromatic N) is 4. The number of halogens is 2. The van der Waals surface area contributed by atoms with Crippen molar-refractivity contribution in [1.82, 2.24) is 31.1 Å². The maximum absolute atomic E-state index is 12.1. The van der Waals surface area contributed by atoms with Gasteiger partial charge in [-0.1, -0.05) is 29.3 Å². The highest BCUT2D eigenvalue weighted by molar-refractivity contribution is 6.43. The summed E-state index contributed by atoms with van der Waals surface area (Å²) >= 11 is 11.8. The van der Waals surface area contributed by atoms with Gasteiger partial charge in [-0.3, -0.25) is 20.4 Å². The maximum atomic E-state index is 12.1. The van der Waals surface area contributed by atoms with Crippen LogP contribution in [0.3, 0.4) is 0 Å². The number of hydrogen-bond donors (Lipinski definition) is 2. The van der Waals surface area contributed by atoms with Crippen molar-refractivity contribution in [1.29, 1.82) is 0 Å². The van der Waals surface area contributed by atoms with Crippen LogP contribution in [-0.4, -0.2) is 32.0 Å². The first-order valence-corrected chi connectivity index (χ1v) is 7.70. The quantitative estimate of drug-likeness (QED) is 0.681. The van der Waals surface area contributed by atoms with E-state index in [0.29, 0.717) is 11.3 Å². The van der Waals surface area contributed by atoms with Crippen LogP contribution in [0.5, 0.6) is 0 Å². The lowest BCUT2D eigenvalue weighted by Crippen LogP contribution is -2.41. The third-order valence-corrected chi connectivity index (χ3v) is 4.05. The summed E-state index contributed by atoms with van der Waals surface area (Å²) in [5.41, 5.74) is 5.79. The van der Waals surface area contributed by atoms with Crippen molar-refractivity contribution in [3.8, 4) is 5.69 Å². The molecule has 0 saturated carbocycles. The number of carbonyl (C=O) groups excluding carboxylic acids is 2. The minimum Gasteiger partial charge on any atom is -0.267 e. The Kier molecular flexibility index (Phi) is 4.92. The fraction of sp³-hybridized carbons (Fsp3) is 0. The Morgan fingerprint density at radius 3 is 2.36 bits per heavy atom. The zero-order valence-corrected chi connectivity index (χ0v) is 14.0. The smallest absolute Gasteiger partial charge is 0.267 e. The topological polar surface area (TPSA) is 102 Å². The van der Waals surface area contributed by atoms with Crippen LogP contribution >= 0.6 is 23.2 Å². The van der Waals surface area contributed by atoms with Gasteiger partial charge in [-0.25, -0.2) is 4.68 Å². The second kappa shape index (κ2) is 7.29. The zero-order valence-electron chi connectivity index (χ0n) is 12.5. The van der Waals surface area contributed by atoms with Crippen LogP contribution in [0.4, 0.5) is 0 Å². The van der Waals surface area contributed by atoms with E-state index < -0.39 is 11.8 Å². The third kappa shape index (κ3) is 3.76. The van der Waals surface area contributed by atoms with Gasteiger partial charge in [-0.15, -0.1) is 5.10 Å². The summed E-state index contributed by atoms with van der Waals surface area (Å²) in [6, 6.07) is 11.1. The van der Waals surface area contributed by atoms with Gasteiger partial charge in [0.1, 0.15) is 6.33 Å². The van der Waals surface area contributed by atoms with E-state index in [4.69, 9.17) is 23.2 Å². The summed E-state index contributed by atoms with van der Waals surface area (Å²) in [5.74, 6) is -1.07. The monoisotopic (exact) mass is 376 g/mol. The van der Waals surface area contributed by atoms with E-state index in [2.05, 4.69) is 26.4 Å². The molecule has 126 valence electrons. The van der Waals surface area contributed by atoms with Crippen LogP contribution in [0.15, 0.2) is 48.8 Å². The SMILES string of the molecule is O=C(NNC(=O)c1cccc(Cl)c1Cl)c1ccc(-n2cnnn2)cc1. The third-order valence-electron chi connectivity index (χ3n) is 3.23. The summed E-state index contributed by atoms with van der Waals surface area (Å²) in [4.78, 5) is 24.2. The summed E-state index contributed by atoms with van der Waals surface area (Å²) in [7, 11) is 0. The summed E-state index contributed by atoms with van der Waals surface area (Å²) < 4.78 is 1.45. The molecule has 0 fully saturated rings. The van der Waals surface area contributed by atoms with E-state index in [1.54, 1.807) is 36.4 Å². The average molecular weight is 377 g/mol. The van der Waals surface area contributed by atoms with Gasteiger partial charge in [-0.2, -0.15) is 0 Å². The first-order chi connectivity index (χ1) is 12.1. The minimum atomic E-state index is -0.578. The van der Waals surface area contributed by atoms with Crippen molar-refractivity contribution in [2.24, 2.45) is 0 Å². The Morgan fingerprint density at radius 2 is 1.68 bits per heavy atom. The van der Waals surface area contributed by atoms with Gasteiger partial charge >= 0.3 is 0 Å². The molecule has 0 aliphatic rings. The predicted molar refractivity (Wildman–Crippen MR) is 90.5 cm³/mol. The highest BCUT2D eigenvalue weighted by atomic mass is 35.5. The summed E-state index contributed by atoms with van der Waals surface area (Å²) in [6.45, 7) is 0. The molecule has 2 amide bonds. The van der Waals surface area contributed by atoms with E-state index in [9.17, 15) is 9.59 Å². The van der Waals surface area contributed by atoms with E-state index >= 15 is 0 Å². The number of hydrazine groups is 1. The molecule has 0 saturated heterocycles. The molecule has 8 nitrogen and oxygen atoms in total. The lowest BCUT2D eigenvalue weighted by Gasteiger charge is -2.09. The molecule has 2 N–H and O–H groups in total. The van der Waals surface area contributed by atoms with E-state index in [0.717, 1.165) is 0 Å². The van der Waals surface area contributed by atoms with Crippen LogP contribution in [0.1, 0.15) is 20.7 Å². The molecular weight excluding hydrogens is 367 g/mol. The number of rotatable bonds is 3. The van der Waals surface area contributed by atoms with Crippen molar-refractivity contribution in [2.75, 3.05) is 0 Å². The Morgan fingerprint density at radius 1 is 0.960 bits per heavy atom. The number of carbonyl (C=O) groups is 2. The number of hydrogen-bond acceptors (Lipinski definition) is 5. The lowest BCUT2D eigenvalue weighted by molar-refractivity contribution is 0.0847. The second-order valence-electron chi connectivity index (χ2n) is 4.81. The zero-order chi connectivity index (χ0) is 17.8. The van der Waals surface area contributed by atoms with Gasteiger partial charge in [0.25, 0.3) is 11.8 Å². The molecule has 0 spiro atoms. The number of amides is 2. The molecule has 1 aromatic heterocycles. The number of tetrazole rings is 1. The Labute approximate surface area is 151 Å². The molecule has 0 aliphatic carbocycles. The van der Waals surface area contributed by atoms with Gasteiger partial charge in [-0.05, 0) is 46.8 Å². The van der Waals surface area contributed by atoms with Crippen molar-refractivity contribution in [3.63, 3.8) is 0 Å². The highest BCUT2D eigenvalue weighted by Gasteiger charge is 2.14. The van der Waals surface area contributed by atoms with Crippen molar-refractivity contribution < 1.29 is 9.59 Å². The molecule has 3 rings (SSSR count). The highest BCUT2D eigenvalue weighted by Crippen LogP contribution is 2.25. The predicted octanol–water partition coefficient (Wildman–Crippen LogP) is 2.04. The van der Waals surface area contributed by atoms with E-state index in [1.807, 2.05) is 0 Å². The normalized spacial score (nSPS) is 10.3. The van der Waals surface area contributed by atoms with Gasteiger partial charge in [0, 0.05) is 5.56 Å². The summed E-state index contributed by atoms with van der Waals surface area (Å²) in [5, 5.41) is 11.2. The largest absolute Gasteiger partial charge is 0.271 e. The molecule has 0 unspecified atom stereocenters. The van der Waals surface area contributed by atoms with Crippen LogP contribution in [0, 0.1) is 0 Å². The minimum absolute atomic E-state index is 0.113. The van der Waals surface area contributed by atoms with Crippen molar-refractivity contribution in [2.45, 2.75) is 0 Å². The molecular formula is C15H10Cl2N6O2. The average Bonchev–Trinajstić information content (AvgIpc) is 3.16. The van der Waals surface area contributed by atoms with Gasteiger partial charge < -0.3 is 0 Å². The molecule has 0 radical (unpaired) electrons. The Bertz CT molecular complexity index is 912. The number of nitrogens with one attached hydrogen (secondary N) is 2. The van der Waals surface area contributed by atoms with Crippen LogP contribution in [-0.2, 0) is 0 Å². The molecule has 25 heavy (non-hydrogen) atoms. The Hall–Kier alpha value is -2.97. The van der Waals surface area contributed by atoms with Crippen LogP contribution in [0.2, 0.25) is 10.0 Å². The van der Waals surface area contributed by atoms with E-state index in [1.165, 1.54) is 17.1 Å². The first kappa shape index (κ1) is 16.9. The fourth-order valence-electron chi connectivity index (χ4n) is 1.98. The van der Waals surface area contributed by atoms with Crippen molar-refractivity contribution >= 4 is 35.0 Å². The molecule has 0 atom stereocenters. The Balaban J connectivity index is 1.64. The number of aromatic nitrogens is 4. The second-order valence-corrected chi connectivity index (χ2v) is 5.60. The van der Waals surface area contributed by atoms with Gasteiger partial charge in [0.05, 0.1) is 21.3 Å². The summed E-state index contributed by atoms with van der Waals surface area (Å²) in [6.07, 6.45) is 1.43. The molecule has 1 heterocycles.